The highest BCUT2D eigenvalue weighted by Gasteiger charge is 2.34. The maximum Gasteiger partial charge on any atom is 0.326 e. The van der Waals surface area contributed by atoms with E-state index in [1.165, 1.54) is 23.5 Å². The van der Waals surface area contributed by atoms with E-state index in [0.717, 1.165) is 11.4 Å². The van der Waals surface area contributed by atoms with E-state index in [2.05, 4.69) is 47.8 Å². The average Bonchev–Trinajstić information content (AvgIpc) is 3.82. The standard InChI is InChI=1S/C49H49BrN6O10S/c1-29(57)66-42-28-43(58)52-40(27-36-13-8-22-67-36)47(62)55-38(24-32-14-18-34(50)19-15-32)45(60)53-37(23-30-9-4-2-5-10-30)44(59)54-39(25-33-16-20-35(21-17-33)51-48(42)63)46(61)56-41(49(64)65)26-31-11-6-3-7-12-31/h2-22,37-42H,23-28H2,1H3,(H,51,63)(H,52,58)(H,53,60)(H,54,59)(H,55,62)(H,56,61)(H,64,65)/t37-,38+,39-,40-,41-,42+/m0/s1. The molecule has 7 N–H and O–H groups in total. The summed E-state index contributed by atoms with van der Waals surface area (Å²) in [6.07, 6.45) is -2.61. The van der Waals surface area contributed by atoms with Crippen molar-refractivity contribution < 1.29 is 48.2 Å². The zero-order valence-corrected chi connectivity index (χ0v) is 38.6. The zero-order chi connectivity index (χ0) is 47.9. The number of amides is 6. The molecule has 5 aromatic rings. The number of hydrogen-bond acceptors (Lipinski definition) is 10. The molecule has 2 bridgehead atoms. The number of thiophene rings is 1. The van der Waals surface area contributed by atoms with E-state index in [-0.39, 0.29) is 37.8 Å². The van der Waals surface area contributed by atoms with Gasteiger partial charge in [0.25, 0.3) is 5.91 Å². The minimum absolute atomic E-state index is 0.00475. The van der Waals surface area contributed by atoms with Crippen molar-refractivity contribution in [1.82, 2.24) is 26.6 Å². The van der Waals surface area contributed by atoms with Gasteiger partial charge in [0.05, 0.1) is 6.42 Å². The van der Waals surface area contributed by atoms with Crippen molar-refractivity contribution in [2.24, 2.45) is 0 Å². The summed E-state index contributed by atoms with van der Waals surface area (Å²) < 4.78 is 6.03. The molecule has 0 unspecified atom stereocenters. The Kier molecular flexibility index (Phi) is 17.5. The second-order valence-electron chi connectivity index (χ2n) is 15.9. The molecule has 3 heterocycles. The van der Waals surface area contributed by atoms with Gasteiger partial charge in [-0.15, -0.1) is 11.3 Å². The third kappa shape index (κ3) is 15.2. The van der Waals surface area contributed by atoms with Crippen LogP contribution in [-0.4, -0.2) is 88.8 Å². The highest BCUT2D eigenvalue weighted by atomic mass is 79.9. The number of halogens is 1. The molecular formula is C49H49BrN6O10S. The number of benzene rings is 4. The fraction of sp³-hybridized carbons (Fsp3) is 0.265. The van der Waals surface area contributed by atoms with E-state index < -0.39 is 90.1 Å². The van der Waals surface area contributed by atoms with Crippen LogP contribution < -0.4 is 31.9 Å². The Morgan fingerprint density at radius 1 is 0.672 bits per heavy atom. The van der Waals surface area contributed by atoms with E-state index >= 15 is 0 Å². The molecule has 1 aromatic heterocycles. The van der Waals surface area contributed by atoms with Gasteiger partial charge in [-0.1, -0.05) is 107 Å². The third-order valence-corrected chi connectivity index (χ3v) is 12.1. The smallest absolute Gasteiger partial charge is 0.326 e. The van der Waals surface area contributed by atoms with Gasteiger partial charge in [-0.3, -0.25) is 33.6 Å². The first-order valence-corrected chi connectivity index (χ1v) is 23.0. The highest BCUT2D eigenvalue weighted by Crippen LogP contribution is 2.18. The monoisotopic (exact) mass is 992 g/mol. The SMILES string of the molecule is CC(=O)O[C@@H]1CC(=O)N[C@@H](Cc2cccs2)C(=O)N[C@H](Cc2ccc(Br)cc2)C(=O)N[C@@H](Cc2ccccc2)C(=O)N[C@H](C(=O)N[C@@H](Cc2ccccc2)C(=O)O)Cc2ccc(cc2)NC1=O. The van der Waals surface area contributed by atoms with Crippen LogP contribution in [0, 0.1) is 0 Å². The summed E-state index contributed by atoms with van der Waals surface area (Å²) in [6, 6.07) is 27.5. The van der Waals surface area contributed by atoms with Crippen LogP contribution in [0.15, 0.2) is 131 Å². The molecule has 2 aliphatic heterocycles. The molecule has 67 heavy (non-hydrogen) atoms. The zero-order valence-electron chi connectivity index (χ0n) is 36.2. The summed E-state index contributed by atoms with van der Waals surface area (Å²) in [6.45, 7) is 1.08. The molecular weight excluding hydrogens is 945 g/mol. The number of hydrogen-bond donors (Lipinski definition) is 7. The Hall–Kier alpha value is -7.18. The van der Waals surface area contributed by atoms with E-state index in [9.17, 15) is 43.5 Å². The van der Waals surface area contributed by atoms with Crippen molar-refractivity contribution in [3.8, 4) is 0 Å². The molecule has 348 valence electrons. The molecule has 6 atom stereocenters. The largest absolute Gasteiger partial charge is 0.480 e. The molecule has 0 radical (unpaired) electrons. The van der Waals surface area contributed by atoms with Gasteiger partial charge in [0, 0.05) is 54.1 Å². The average molecular weight is 994 g/mol. The molecule has 0 aliphatic carbocycles. The third-order valence-electron chi connectivity index (χ3n) is 10.7. The van der Waals surface area contributed by atoms with Crippen LogP contribution in [0.1, 0.15) is 40.5 Å². The lowest BCUT2D eigenvalue weighted by molar-refractivity contribution is -0.153. The fourth-order valence-corrected chi connectivity index (χ4v) is 8.32. The molecule has 6 amide bonds. The van der Waals surface area contributed by atoms with Crippen molar-refractivity contribution >= 4 is 80.3 Å². The first-order chi connectivity index (χ1) is 32.2. The number of ether oxygens (including phenoxy) is 1. The lowest BCUT2D eigenvalue weighted by atomic mass is 10.00. The first kappa shape index (κ1) is 49.3. The first-order valence-electron chi connectivity index (χ1n) is 21.3. The van der Waals surface area contributed by atoms with E-state index in [4.69, 9.17) is 4.74 Å². The van der Waals surface area contributed by atoms with Crippen LogP contribution in [0.4, 0.5) is 5.69 Å². The topological polar surface area (TPSA) is 238 Å². The molecule has 18 heteroatoms. The van der Waals surface area contributed by atoms with E-state index in [1.54, 1.807) is 115 Å². The van der Waals surface area contributed by atoms with Gasteiger partial charge >= 0.3 is 11.9 Å². The predicted molar refractivity (Wildman–Crippen MR) is 252 cm³/mol. The van der Waals surface area contributed by atoms with E-state index in [1.807, 2.05) is 0 Å². The number of fused-ring (bicyclic) bond motifs is 18. The number of carbonyl (C=O) groups excluding carboxylic acids is 7. The summed E-state index contributed by atoms with van der Waals surface area (Å²) in [7, 11) is 0. The molecule has 7 rings (SSSR count). The van der Waals surface area contributed by atoms with Crippen LogP contribution in [0.2, 0.25) is 0 Å². The molecule has 0 spiro atoms. The van der Waals surface area contributed by atoms with Gasteiger partial charge in [0.15, 0.2) is 6.10 Å². The van der Waals surface area contributed by atoms with Crippen molar-refractivity contribution in [3.05, 3.63) is 158 Å². The summed E-state index contributed by atoms with van der Waals surface area (Å²) in [5, 5.41) is 28.2. The number of nitrogens with one attached hydrogen (secondary N) is 6. The van der Waals surface area contributed by atoms with Crippen molar-refractivity contribution in [2.45, 2.75) is 81.8 Å². The Morgan fingerprint density at radius 3 is 1.81 bits per heavy atom. The number of esters is 1. The van der Waals surface area contributed by atoms with E-state index in [0.29, 0.717) is 27.1 Å². The van der Waals surface area contributed by atoms with Crippen LogP contribution >= 0.6 is 27.3 Å². The fourth-order valence-electron chi connectivity index (χ4n) is 7.30. The number of rotatable bonds is 12. The maximum absolute atomic E-state index is 14.6. The van der Waals surface area contributed by atoms with Gasteiger partial charge in [-0.2, -0.15) is 0 Å². The van der Waals surface area contributed by atoms with Crippen LogP contribution in [0.5, 0.6) is 0 Å². The molecule has 0 fully saturated rings. The van der Waals surface area contributed by atoms with Crippen molar-refractivity contribution in [2.75, 3.05) is 5.32 Å². The Balaban J connectivity index is 1.39. The number of carboxylic acids is 1. The molecule has 16 nitrogen and oxygen atoms in total. The minimum atomic E-state index is -1.62. The number of anilines is 1. The second kappa shape index (κ2) is 23.8. The number of carbonyl (C=O) groups is 8. The quantitative estimate of drug-likeness (QED) is 0.0705. The molecule has 0 saturated carbocycles. The van der Waals surface area contributed by atoms with Crippen LogP contribution in [0.3, 0.4) is 0 Å². The van der Waals surface area contributed by atoms with Gasteiger partial charge < -0.3 is 41.7 Å². The van der Waals surface area contributed by atoms with Gasteiger partial charge in [0.2, 0.25) is 29.5 Å². The summed E-state index contributed by atoms with van der Waals surface area (Å²) in [5.41, 5.74) is 2.65. The second-order valence-corrected chi connectivity index (χ2v) is 17.8. The van der Waals surface area contributed by atoms with Crippen molar-refractivity contribution in [1.29, 1.82) is 0 Å². The van der Waals surface area contributed by atoms with Crippen molar-refractivity contribution in [3.63, 3.8) is 0 Å². The lowest BCUT2D eigenvalue weighted by Crippen LogP contribution is -2.60. The maximum atomic E-state index is 14.6. The summed E-state index contributed by atoms with van der Waals surface area (Å²) >= 11 is 4.75. The Labute approximate surface area is 398 Å². The van der Waals surface area contributed by atoms with Crippen LogP contribution in [0.25, 0.3) is 0 Å². The minimum Gasteiger partial charge on any atom is -0.480 e. The molecule has 4 aromatic carbocycles. The lowest BCUT2D eigenvalue weighted by Gasteiger charge is -2.27. The predicted octanol–water partition coefficient (Wildman–Crippen LogP) is 3.81. The van der Waals surface area contributed by atoms with Gasteiger partial charge in [-0.05, 0) is 58.0 Å². The van der Waals surface area contributed by atoms with Gasteiger partial charge in [0.1, 0.15) is 30.2 Å². The van der Waals surface area contributed by atoms with Gasteiger partial charge in [-0.25, -0.2) is 4.79 Å². The number of carboxylic acid groups (broad SMARTS) is 1. The normalized spacial score (nSPS) is 20.1. The summed E-state index contributed by atoms with van der Waals surface area (Å²) in [4.78, 5) is 110. The molecule has 2 aliphatic rings. The number of aliphatic carboxylic acids is 1. The Morgan fingerprint density at radius 2 is 1.24 bits per heavy atom. The van der Waals surface area contributed by atoms with Crippen LogP contribution in [-0.2, 0) is 75.2 Å². The summed E-state index contributed by atoms with van der Waals surface area (Å²) in [5.74, 6) is -6.92. The highest BCUT2D eigenvalue weighted by molar-refractivity contribution is 9.10. The Bertz CT molecular complexity index is 2530. The molecule has 0 saturated heterocycles.